The number of amides is 1. The van der Waals surface area contributed by atoms with Crippen LogP contribution in [0.2, 0.25) is 0 Å². The first-order valence-electron chi connectivity index (χ1n) is 8.98. The number of amidine groups is 1. The molecular weight excluding hydrogens is 398 g/mol. The minimum atomic E-state index is -0.541. The average Bonchev–Trinajstić information content (AvgIpc) is 3.07. The zero-order chi connectivity index (χ0) is 20.1. The number of anilines is 1. The molecule has 2 unspecified atom stereocenters. The molecule has 0 spiro atoms. The monoisotopic (exact) mass is 414 g/mol. The topological polar surface area (TPSA) is 68.6 Å². The predicted molar refractivity (Wildman–Crippen MR) is 106 cm³/mol. The molecule has 2 atom stereocenters. The molecule has 6 nitrogen and oxygen atoms in total. The van der Waals surface area contributed by atoms with E-state index < -0.39 is 5.82 Å². The Labute approximate surface area is 169 Å². The van der Waals surface area contributed by atoms with Crippen LogP contribution in [0, 0.1) is 11.6 Å². The maximum absolute atomic E-state index is 14.7. The summed E-state index contributed by atoms with van der Waals surface area (Å²) in [4.78, 5) is 16.1. The average molecular weight is 414 g/mol. The van der Waals surface area contributed by atoms with Crippen molar-refractivity contribution in [1.29, 1.82) is 0 Å². The van der Waals surface area contributed by atoms with Crippen LogP contribution in [-0.4, -0.2) is 17.7 Å². The molecule has 0 bridgehead atoms. The highest BCUT2D eigenvalue weighted by Crippen LogP contribution is 2.47. The molecule has 2 aromatic rings. The van der Waals surface area contributed by atoms with Crippen molar-refractivity contribution in [3.63, 3.8) is 0 Å². The highest BCUT2D eigenvalue weighted by atomic mass is 32.2. The Bertz CT molecular complexity index is 1070. The second-order valence-electron chi connectivity index (χ2n) is 6.93. The number of halogens is 2. The number of rotatable bonds is 2. The van der Waals surface area contributed by atoms with Gasteiger partial charge in [-0.15, -0.1) is 0 Å². The quantitative estimate of drug-likeness (QED) is 0.736. The molecule has 29 heavy (non-hydrogen) atoms. The summed E-state index contributed by atoms with van der Waals surface area (Å²) >= 11 is 1.47. The van der Waals surface area contributed by atoms with Crippen LogP contribution < -0.4 is 20.5 Å². The summed E-state index contributed by atoms with van der Waals surface area (Å²) in [5.41, 5.74) is 6.15. The lowest BCUT2D eigenvalue weighted by molar-refractivity contribution is -0.118. The number of carbonyl (C=O) groups is 1. The molecule has 5 rings (SSSR count). The molecule has 3 aliphatic rings. The molecule has 9 heteroatoms. The molecule has 0 aromatic heterocycles. The van der Waals surface area contributed by atoms with Gasteiger partial charge in [0.2, 0.25) is 5.70 Å². The van der Waals surface area contributed by atoms with E-state index in [1.165, 1.54) is 30.0 Å². The van der Waals surface area contributed by atoms with E-state index in [2.05, 4.69) is 15.7 Å². The van der Waals surface area contributed by atoms with E-state index in [-0.39, 0.29) is 35.4 Å². The molecule has 1 amide bonds. The normalized spacial score (nSPS) is 23.5. The van der Waals surface area contributed by atoms with Gasteiger partial charge in [-0.2, -0.15) is 4.99 Å². The van der Waals surface area contributed by atoms with Gasteiger partial charge >= 0.3 is 5.17 Å². The molecule has 0 saturated carbocycles. The fraction of sp³-hybridized carbons (Fsp3) is 0.200. The number of hydrazine groups is 1. The van der Waals surface area contributed by atoms with Crippen molar-refractivity contribution in [2.24, 2.45) is 4.99 Å². The summed E-state index contributed by atoms with van der Waals surface area (Å²) in [7, 11) is 0. The third-order valence-electron chi connectivity index (χ3n) is 4.95. The number of benzene rings is 2. The summed E-state index contributed by atoms with van der Waals surface area (Å²) in [5.74, 6) is -1.16. The van der Waals surface area contributed by atoms with Gasteiger partial charge in [0, 0.05) is 11.9 Å². The lowest BCUT2D eigenvalue weighted by Crippen LogP contribution is -2.51. The molecule has 2 aromatic carbocycles. The van der Waals surface area contributed by atoms with E-state index >= 15 is 0 Å². The van der Waals surface area contributed by atoms with Crippen LogP contribution in [0.5, 0.6) is 5.75 Å². The summed E-state index contributed by atoms with van der Waals surface area (Å²) in [6, 6.07) is 9.06. The number of aliphatic imine (C=N–C) groups is 1. The Kier molecular flexibility index (Phi) is 4.38. The standard InChI is InChI=1S/C20H16F2N4O2S/c1-10-8-23-20-26(10)25-17(11-2-4-13(21)5-3-11)19(29-20)12-6-14(22)18-15(7-12)24-16(27)9-28-18/h2-8,17,19,25H,9H2,1H3,(H,24,27)/q+1. The van der Waals surface area contributed by atoms with E-state index in [1.807, 2.05) is 11.9 Å². The van der Waals surface area contributed by atoms with Crippen molar-refractivity contribution in [3.05, 3.63) is 71.1 Å². The Morgan fingerprint density at radius 2 is 2.00 bits per heavy atom. The van der Waals surface area contributed by atoms with Gasteiger partial charge < -0.3 is 10.1 Å². The van der Waals surface area contributed by atoms with E-state index in [1.54, 1.807) is 24.4 Å². The van der Waals surface area contributed by atoms with Gasteiger partial charge in [0.25, 0.3) is 5.91 Å². The molecule has 3 aliphatic heterocycles. The zero-order valence-electron chi connectivity index (χ0n) is 15.3. The van der Waals surface area contributed by atoms with Gasteiger partial charge in [0.15, 0.2) is 18.2 Å². The van der Waals surface area contributed by atoms with Crippen LogP contribution in [-0.2, 0) is 4.79 Å². The van der Waals surface area contributed by atoms with Gasteiger partial charge in [-0.25, -0.2) is 8.78 Å². The zero-order valence-corrected chi connectivity index (χ0v) is 16.1. The predicted octanol–water partition coefficient (Wildman–Crippen LogP) is 3.70. The Balaban J connectivity index is 1.57. The van der Waals surface area contributed by atoms with Crippen molar-refractivity contribution >= 4 is 28.5 Å². The number of ether oxygens (including phenoxy) is 1. The van der Waals surface area contributed by atoms with Crippen LogP contribution >= 0.6 is 11.8 Å². The van der Waals surface area contributed by atoms with Crippen molar-refractivity contribution in [2.75, 3.05) is 11.9 Å². The van der Waals surface area contributed by atoms with Crippen LogP contribution in [0.4, 0.5) is 14.5 Å². The van der Waals surface area contributed by atoms with Crippen LogP contribution in [0.1, 0.15) is 29.3 Å². The number of nitrogens with one attached hydrogen (secondary N) is 2. The number of thioether (sulfide) groups is 1. The fourth-order valence-electron chi connectivity index (χ4n) is 3.57. The van der Waals surface area contributed by atoms with E-state index in [0.29, 0.717) is 11.3 Å². The minimum absolute atomic E-state index is 0.0396. The number of nitrogens with zero attached hydrogens (tertiary/aromatic N) is 2. The van der Waals surface area contributed by atoms with Crippen LogP contribution in [0.15, 0.2) is 53.3 Å². The number of allylic oxidation sites excluding steroid dienone is 1. The highest BCUT2D eigenvalue weighted by Gasteiger charge is 2.46. The van der Waals surface area contributed by atoms with Gasteiger partial charge in [-0.1, -0.05) is 17.6 Å². The van der Waals surface area contributed by atoms with Crippen molar-refractivity contribution in [2.45, 2.75) is 18.2 Å². The largest absolute Gasteiger partial charge is 0.478 e. The number of hydrogen-bond acceptors (Lipinski definition) is 6. The first kappa shape index (κ1) is 18.3. The smallest absolute Gasteiger partial charge is 0.341 e. The summed E-state index contributed by atoms with van der Waals surface area (Å²) in [6.45, 7) is 1.72. The molecule has 2 N–H and O–H groups in total. The van der Waals surface area contributed by atoms with Crippen LogP contribution in [0.25, 0.3) is 0 Å². The fourth-order valence-corrected chi connectivity index (χ4v) is 4.83. The molecule has 3 heterocycles. The maximum Gasteiger partial charge on any atom is 0.341 e. The second-order valence-corrected chi connectivity index (χ2v) is 8.04. The molecular formula is C20H16F2N4O2S+. The van der Waals surface area contributed by atoms with Gasteiger partial charge in [0.1, 0.15) is 11.9 Å². The van der Waals surface area contributed by atoms with Crippen molar-refractivity contribution in [3.8, 4) is 5.75 Å². The summed E-state index contributed by atoms with van der Waals surface area (Å²) < 4.78 is 33.4. The highest BCUT2D eigenvalue weighted by molar-refractivity contribution is 8.14. The third kappa shape index (κ3) is 3.21. The lowest BCUT2D eigenvalue weighted by atomic mass is 9.97. The second kappa shape index (κ2) is 6.94. The summed E-state index contributed by atoms with van der Waals surface area (Å²) in [6.07, 6.45) is 1.75. The number of hydrogen-bond donors (Lipinski definition) is 2. The van der Waals surface area contributed by atoms with Gasteiger partial charge in [-0.3, -0.25) is 4.79 Å². The first-order chi connectivity index (χ1) is 14.0. The minimum Gasteiger partial charge on any atom is -0.478 e. The molecule has 1 fully saturated rings. The molecule has 1 saturated heterocycles. The Hall–Kier alpha value is -2.75. The van der Waals surface area contributed by atoms with Crippen LogP contribution in [0.3, 0.4) is 0 Å². The van der Waals surface area contributed by atoms with Gasteiger partial charge in [0.05, 0.1) is 17.1 Å². The number of fused-ring (bicyclic) bond motifs is 2. The molecule has 0 aliphatic carbocycles. The molecule has 1 radical (unpaired) electrons. The van der Waals surface area contributed by atoms with Crippen molar-refractivity contribution < 1.29 is 18.3 Å². The van der Waals surface area contributed by atoms with E-state index in [0.717, 1.165) is 16.4 Å². The number of carbonyl (C=O) groups excluding carboxylic acids is 1. The Morgan fingerprint density at radius 3 is 2.79 bits per heavy atom. The van der Waals surface area contributed by atoms with E-state index in [9.17, 15) is 13.6 Å². The molecule has 147 valence electrons. The first-order valence-corrected chi connectivity index (χ1v) is 9.86. The SMILES string of the molecule is CC1=CN=C2SC(c3cc(F)c4c(c3)NC(=O)CO4)C(c3ccc(F)cc3)N[N+]12. The third-order valence-corrected chi connectivity index (χ3v) is 6.25. The maximum atomic E-state index is 14.7. The van der Waals surface area contributed by atoms with Crippen molar-refractivity contribution in [1.82, 2.24) is 10.4 Å². The van der Waals surface area contributed by atoms with Gasteiger partial charge in [-0.05, 0) is 47.2 Å². The Morgan fingerprint density at radius 1 is 1.21 bits per heavy atom. The summed E-state index contributed by atoms with van der Waals surface area (Å²) in [5, 5.41) is 5.00. The van der Waals surface area contributed by atoms with E-state index in [4.69, 9.17) is 4.74 Å². The lowest BCUT2D eigenvalue weighted by Gasteiger charge is -2.32.